The Kier molecular flexibility index (Phi) is 6.61. The lowest BCUT2D eigenvalue weighted by Gasteiger charge is -2.11. The fourth-order valence-corrected chi connectivity index (χ4v) is 1.28. The van der Waals surface area contributed by atoms with Gasteiger partial charge in [-0.3, -0.25) is 0 Å². The first-order chi connectivity index (χ1) is 6.13. The Hall–Kier alpha value is -0.560. The Morgan fingerprint density at radius 3 is 2.46 bits per heavy atom. The van der Waals surface area contributed by atoms with Crippen molar-refractivity contribution in [3.63, 3.8) is 0 Å². The van der Waals surface area contributed by atoms with Crippen molar-refractivity contribution in [3.05, 3.63) is 23.3 Å². The predicted octanol–water partition coefficient (Wildman–Crippen LogP) is 3.14. The summed E-state index contributed by atoms with van der Waals surface area (Å²) >= 11 is 0. The molecule has 0 amide bonds. The highest BCUT2D eigenvalue weighted by molar-refractivity contribution is 5.17. The molecule has 13 heavy (non-hydrogen) atoms. The third kappa shape index (κ3) is 4.89. The van der Waals surface area contributed by atoms with E-state index in [4.69, 9.17) is 0 Å². The van der Waals surface area contributed by atoms with Gasteiger partial charge in [-0.25, -0.2) is 0 Å². The fourth-order valence-electron chi connectivity index (χ4n) is 1.28. The van der Waals surface area contributed by atoms with E-state index in [-0.39, 0.29) is 0 Å². The number of allylic oxidation sites excluding steroid dienone is 3. The molecule has 1 N–H and O–H groups in total. The van der Waals surface area contributed by atoms with Crippen LogP contribution in [-0.4, -0.2) is 13.6 Å². The SMILES string of the molecule is CC/C=C\C(C)/C(C)=C(/C)CNC. The third-order valence-corrected chi connectivity index (χ3v) is 2.46. The first-order valence-electron chi connectivity index (χ1n) is 5.11. The van der Waals surface area contributed by atoms with Crippen LogP contribution >= 0.6 is 0 Å². The average molecular weight is 181 g/mol. The topological polar surface area (TPSA) is 12.0 Å². The number of hydrogen-bond donors (Lipinski definition) is 1. The summed E-state index contributed by atoms with van der Waals surface area (Å²) in [7, 11) is 1.99. The molecule has 0 aromatic heterocycles. The lowest BCUT2D eigenvalue weighted by atomic mass is 9.97. The smallest absolute Gasteiger partial charge is 0.0161 e. The van der Waals surface area contributed by atoms with Crippen LogP contribution in [0.4, 0.5) is 0 Å². The second-order valence-electron chi connectivity index (χ2n) is 3.62. The van der Waals surface area contributed by atoms with Crippen LogP contribution < -0.4 is 5.32 Å². The van der Waals surface area contributed by atoms with E-state index in [0.29, 0.717) is 5.92 Å². The Morgan fingerprint density at radius 1 is 1.38 bits per heavy atom. The standard InChI is InChI=1S/C12H23N/c1-6-7-8-10(2)12(4)11(3)9-13-5/h7-8,10,13H,6,9H2,1-5H3/b8-7-,12-11-. The van der Waals surface area contributed by atoms with E-state index < -0.39 is 0 Å². The van der Waals surface area contributed by atoms with E-state index in [1.807, 2.05) is 7.05 Å². The molecular weight excluding hydrogens is 158 g/mol. The summed E-state index contributed by atoms with van der Waals surface area (Å²) < 4.78 is 0. The van der Waals surface area contributed by atoms with Gasteiger partial charge in [0.25, 0.3) is 0 Å². The maximum atomic E-state index is 3.18. The number of rotatable bonds is 5. The minimum Gasteiger partial charge on any atom is -0.316 e. The Balaban J connectivity index is 4.29. The van der Waals surface area contributed by atoms with Crippen molar-refractivity contribution in [2.45, 2.75) is 34.1 Å². The molecule has 0 aliphatic heterocycles. The van der Waals surface area contributed by atoms with Crippen LogP contribution in [0.3, 0.4) is 0 Å². The predicted molar refractivity (Wildman–Crippen MR) is 60.9 cm³/mol. The first-order valence-corrected chi connectivity index (χ1v) is 5.11. The maximum absolute atomic E-state index is 3.18. The molecule has 0 aromatic rings. The van der Waals surface area contributed by atoms with Gasteiger partial charge < -0.3 is 5.32 Å². The van der Waals surface area contributed by atoms with Crippen LogP contribution in [0.1, 0.15) is 34.1 Å². The van der Waals surface area contributed by atoms with Crippen molar-refractivity contribution in [1.29, 1.82) is 0 Å². The summed E-state index contributed by atoms with van der Waals surface area (Å²) in [6.45, 7) is 9.83. The van der Waals surface area contributed by atoms with Gasteiger partial charge in [0.05, 0.1) is 0 Å². The van der Waals surface area contributed by atoms with Crippen LogP contribution in [0.15, 0.2) is 23.3 Å². The highest BCUT2D eigenvalue weighted by atomic mass is 14.8. The molecule has 0 aromatic carbocycles. The van der Waals surface area contributed by atoms with Crippen LogP contribution in [-0.2, 0) is 0 Å². The molecule has 0 aliphatic rings. The van der Waals surface area contributed by atoms with Crippen LogP contribution in [0, 0.1) is 5.92 Å². The second kappa shape index (κ2) is 6.90. The highest BCUT2D eigenvalue weighted by Gasteiger charge is 2.02. The van der Waals surface area contributed by atoms with Gasteiger partial charge >= 0.3 is 0 Å². The van der Waals surface area contributed by atoms with E-state index in [1.165, 1.54) is 11.1 Å². The molecule has 1 unspecified atom stereocenters. The molecular formula is C12H23N. The minimum absolute atomic E-state index is 0.577. The van der Waals surface area contributed by atoms with Crippen molar-refractivity contribution in [3.8, 4) is 0 Å². The van der Waals surface area contributed by atoms with Gasteiger partial charge in [-0.2, -0.15) is 0 Å². The van der Waals surface area contributed by atoms with E-state index in [1.54, 1.807) is 0 Å². The molecule has 1 nitrogen and oxygen atoms in total. The van der Waals surface area contributed by atoms with E-state index in [2.05, 4.69) is 45.2 Å². The first kappa shape index (κ1) is 12.4. The Labute approximate surface area is 82.9 Å². The van der Waals surface area contributed by atoms with Crippen molar-refractivity contribution in [2.75, 3.05) is 13.6 Å². The quantitative estimate of drug-likeness (QED) is 0.642. The summed E-state index contributed by atoms with van der Waals surface area (Å²) in [5, 5.41) is 3.18. The van der Waals surface area contributed by atoms with Gasteiger partial charge in [-0.05, 0) is 33.2 Å². The van der Waals surface area contributed by atoms with Gasteiger partial charge in [0, 0.05) is 6.54 Å². The van der Waals surface area contributed by atoms with Crippen LogP contribution in [0.5, 0.6) is 0 Å². The Bertz CT molecular complexity index is 189. The van der Waals surface area contributed by atoms with Gasteiger partial charge in [-0.1, -0.05) is 37.1 Å². The summed E-state index contributed by atoms with van der Waals surface area (Å²) in [6, 6.07) is 0. The van der Waals surface area contributed by atoms with Gasteiger partial charge in [0.2, 0.25) is 0 Å². The van der Waals surface area contributed by atoms with E-state index in [0.717, 1.165) is 13.0 Å². The summed E-state index contributed by atoms with van der Waals surface area (Å²) in [6.07, 6.45) is 5.65. The molecule has 1 atom stereocenters. The number of likely N-dealkylation sites (N-methyl/N-ethyl adjacent to an activating group) is 1. The summed E-state index contributed by atoms with van der Waals surface area (Å²) in [5.74, 6) is 0.577. The molecule has 0 heterocycles. The highest BCUT2D eigenvalue weighted by Crippen LogP contribution is 2.15. The Morgan fingerprint density at radius 2 is 2.00 bits per heavy atom. The number of hydrogen-bond acceptors (Lipinski definition) is 1. The molecule has 0 fully saturated rings. The minimum atomic E-state index is 0.577. The fraction of sp³-hybridized carbons (Fsp3) is 0.667. The largest absolute Gasteiger partial charge is 0.316 e. The zero-order valence-electron chi connectivity index (χ0n) is 9.65. The van der Waals surface area contributed by atoms with Crippen LogP contribution in [0.2, 0.25) is 0 Å². The molecule has 0 bridgehead atoms. The summed E-state index contributed by atoms with van der Waals surface area (Å²) in [5.41, 5.74) is 2.94. The van der Waals surface area contributed by atoms with E-state index >= 15 is 0 Å². The molecule has 0 rings (SSSR count). The zero-order chi connectivity index (χ0) is 10.3. The molecule has 0 saturated heterocycles. The molecule has 0 radical (unpaired) electrons. The van der Waals surface area contributed by atoms with Crippen molar-refractivity contribution in [1.82, 2.24) is 5.32 Å². The summed E-state index contributed by atoms with van der Waals surface area (Å²) in [4.78, 5) is 0. The molecule has 1 heteroatoms. The lowest BCUT2D eigenvalue weighted by Crippen LogP contribution is -2.11. The lowest BCUT2D eigenvalue weighted by molar-refractivity contribution is 0.798. The second-order valence-corrected chi connectivity index (χ2v) is 3.62. The zero-order valence-corrected chi connectivity index (χ0v) is 9.65. The third-order valence-electron chi connectivity index (χ3n) is 2.46. The van der Waals surface area contributed by atoms with Crippen molar-refractivity contribution in [2.24, 2.45) is 5.92 Å². The average Bonchev–Trinajstić information content (AvgIpc) is 2.13. The van der Waals surface area contributed by atoms with E-state index in [9.17, 15) is 0 Å². The number of nitrogens with one attached hydrogen (secondary N) is 1. The molecule has 0 spiro atoms. The van der Waals surface area contributed by atoms with Crippen molar-refractivity contribution >= 4 is 0 Å². The monoisotopic (exact) mass is 181 g/mol. The normalized spacial score (nSPS) is 16.1. The molecule has 0 saturated carbocycles. The van der Waals surface area contributed by atoms with Gasteiger partial charge in [-0.15, -0.1) is 0 Å². The molecule has 0 aliphatic carbocycles. The van der Waals surface area contributed by atoms with Crippen molar-refractivity contribution < 1.29 is 0 Å². The van der Waals surface area contributed by atoms with Gasteiger partial charge in [0.1, 0.15) is 0 Å². The van der Waals surface area contributed by atoms with Gasteiger partial charge in [0.15, 0.2) is 0 Å². The van der Waals surface area contributed by atoms with Crippen LogP contribution in [0.25, 0.3) is 0 Å². The molecule has 76 valence electrons. The maximum Gasteiger partial charge on any atom is 0.0161 e.